The Morgan fingerprint density at radius 3 is 1.96 bits per heavy atom. The molecule has 0 saturated carbocycles. The molecule has 2 heterocycles. The van der Waals surface area contributed by atoms with E-state index in [-0.39, 0.29) is 0 Å². The van der Waals surface area contributed by atoms with Crippen LogP contribution in [0.25, 0.3) is 0 Å². The van der Waals surface area contributed by atoms with Gasteiger partial charge in [0.05, 0.1) is 18.9 Å². The van der Waals surface area contributed by atoms with Gasteiger partial charge in [0.15, 0.2) is 0 Å². The fourth-order valence-electron chi connectivity index (χ4n) is 4.24. The van der Waals surface area contributed by atoms with Crippen molar-refractivity contribution in [2.75, 3.05) is 13.2 Å². The highest BCUT2D eigenvalue weighted by Crippen LogP contribution is 2.56. The number of fused-ring (bicyclic) bond motifs is 2. The van der Waals surface area contributed by atoms with Crippen molar-refractivity contribution in [3.05, 3.63) is 101 Å². The van der Waals surface area contributed by atoms with Crippen LogP contribution in [0.1, 0.15) is 16.7 Å². The summed E-state index contributed by atoms with van der Waals surface area (Å²) in [5, 5.41) is 0.638. The lowest BCUT2D eigenvalue weighted by atomic mass is 9.65. The van der Waals surface area contributed by atoms with E-state index in [1.54, 1.807) is 0 Å². The quantitative estimate of drug-likeness (QED) is 0.613. The summed E-state index contributed by atoms with van der Waals surface area (Å²) in [6.07, 6.45) is 1.97. The van der Waals surface area contributed by atoms with E-state index in [0.29, 0.717) is 18.2 Å². The topological polar surface area (TPSA) is 30.8 Å². The van der Waals surface area contributed by atoms with Gasteiger partial charge in [-0.05, 0) is 29.3 Å². The Morgan fingerprint density at radius 1 is 0.778 bits per heavy atom. The van der Waals surface area contributed by atoms with Gasteiger partial charge in [-0.1, -0.05) is 72.3 Å². The first-order valence-corrected chi connectivity index (χ1v) is 9.38. The number of hydrogen-bond acceptors (Lipinski definition) is 3. The van der Waals surface area contributed by atoms with Crippen molar-refractivity contribution in [1.29, 1.82) is 0 Å². The third kappa shape index (κ3) is 2.32. The summed E-state index contributed by atoms with van der Waals surface area (Å²) >= 11 is 6.36. The van der Waals surface area contributed by atoms with Crippen LogP contribution in [0.5, 0.6) is 0 Å². The van der Waals surface area contributed by atoms with E-state index in [1.165, 1.54) is 0 Å². The largest absolute Gasteiger partial charge is 0.342 e. The lowest BCUT2D eigenvalue weighted by Gasteiger charge is -2.47. The Hall–Kier alpha value is -2.46. The molecule has 0 unspecified atom stereocenters. The number of hydrogen-bond donors (Lipinski definition) is 0. The average molecular weight is 376 g/mol. The molecule has 2 aliphatic rings. The maximum atomic E-state index is 6.42. The summed E-state index contributed by atoms with van der Waals surface area (Å²) in [4.78, 5) is 4.82. The van der Waals surface area contributed by atoms with Crippen LogP contribution in [-0.2, 0) is 20.7 Å². The minimum atomic E-state index is -1.02. The third-order valence-electron chi connectivity index (χ3n) is 5.38. The van der Waals surface area contributed by atoms with E-state index >= 15 is 0 Å². The molecule has 0 radical (unpaired) electrons. The molecule has 27 heavy (non-hydrogen) atoms. The molecule has 0 atom stereocenters. The first-order valence-electron chi connectivity index (χ1n) is 9.00. The number of ether oxygens (including phenoxy) is 2. The molecule has 0 amide bonds. The first-order chi connectivity index (χ1) is 13.3. The van der Waals surface area contributed by atoms with Crippen LogP contribution in [0.15, 0.2) is 83.9 Å². The summed E-state index contributed by atoms with van der Waals surface area (Å²) < 4.78 is 12.8. The maximum Gasteiger partial charge on any atom is 0.216 e. The number of aliphatic imine (C=N–C) groups is 1. The number of benzene rings is 3. The Kier molecular flexibility index (Phi) is 3.90. The molecule has 1 fully saturated rings. The summed E-state index contributed by atoms with van der Waals surface area (Å²) in [6.45, 7) is 1.03. The van der Waals surface area contributed by atoms with Crippen LogP contribution in [0.2, 0.25) is 5.02 Å². The lowest BCUT2D eigenvalue weighted by Crippen LogP contribution is -2.53. The zero-order valence-corrected chi connectivity index (χ0v) is 15.4. The molecule has 0 aliphatic carbocycles. The Labute approximate surface area is 163 Å². The standard InChI is InChI=1S/C23H18ClNO2/c24-19-11-12-21-20(15-19)23(26-13-14-27-23)22(16-25-21,17-7-3-1-4-8-17)18-9-5-2-6-10-18/h1-12,15-16H,13-14H2. The molecular weight excluding hydrogens is 358 g/mol. The Bertz CT molecular complexity index is 956. The van der Waals surface area contributed by atoms with Gasteiger partial charge in [-0.3, -0.25) is 4.99 Å². The average Bonchev–Trinajstić information content (AvgIpc) is 3.21. The van der Waals surface area contributed by atoms with Gasteiger partial charge >= 0.3 is 0 Å². The van der Waals surface area contributed by atoms with E-state index in [2.05, 4.69) is 24.3 Å². The van der Waals surface area contributed by atoms with Crippen LogP contribution in [-0.4, -0.2) is 19.4 Å². The van der Waals surface area contributed by atoms with Gasteiger partial charge < -0.3 is 9.47 Å². The van der Waals surface area contributed by atoms with Gasteiger partial charge in [-0.25, -0.2) is 0 Å². The summed E-state index contributed by atoms with van der Waals surface area (Å²) in [5.41, 5.74) is 3.09. The third-order valence-corrected chi connectivity index (χ3v) is 5.62. The molecule has 0 aromatic heterocycles. The number of halogens is 1. The monoisotopic (exact) mass is 375 g/mol. The Morgan fingerprint density at radius 2 is 1.37 bits per heavy atom. The predicted octanol–water partition coefficient (Wildman–Crippen LogP) is 5.24. The molecular formula is C23H18ClNO2. The molecule has 1 saturated heterocycles. The predicted molar refractivity (Wildman–Crippen MR) is 107 cm³/mol. The molecule has 5 rings (SSSR count). The summed E-state index contributed by atoms with van der Waals surface area (Å²) in [6, 6.07) is 26.2. The van der Waals surface area contributed by atoms with E-state index in [0.717, 1.165) is 22.4 Å². The molecule has 0 N–H and O–H groups in total. The van der Waals surface area contributed by atoms with Crippen molar-refractivity contribution >= 4 is 23.5 Å². The number of nitrogens with zero attached hydrogens (tertiary/aromatic N) is 1. The zero-order chi connectivity index (χ0) is 18.3. The molecule has 2 aliphatic heterocycles. The van der Waals surface area contributed by atoms with E-state index < -0.39 is 11.2 Å². The SMILES string of the molecule is Clc1ccc2c(c1)C1(OCCO1)C(c1ccccc1)(c1ccccc1)C=N2. The highest BCUT2D eigenvalue weighted by Gasteiger charge is 2.61. The second kappa shape index (κ2) is 6.31. The van der Waals surface area contributed by atoms with Gasteiger partial charge in [0, 0.05) is 16.8 Å². The van der Waals surface area contributed by atoms with E-state index in [1.807, 2.05) is 60.8 Å². The fourth-order valence-corrected chi connectivity index (χ4v) is 4.41. The van der Waals surface area contributed by atoms with Crippen molar-refractivity contribution in [2.45, 2.75) is 11.2 Å². The van der Waals surface area contributed by atoms with Crippen LogP contribution < -0.4 is 0 Å². The molecule has 3 aromatic rings. The molecule has 3 nitrogen and oxygen atoms in total. The van der Waals surface area contributed by atoms with Gasteiger partial charge in [0.1, 0.15) is 5.41 Å². The molecule has 4 heteroatoms. The normalized spacial score (nSPS) is 19.1. The van der Waals surface area contributed by atoms with Crippen LogP contribution in [0.4, 0.5) is 5.69 Å². The van der Waals surface area contributed by atoms with Crippen molar-refractivity contribution in [2.24, 2.45) is 4.99 Å². The van der Waals surface area contributed by atoms with Gasteiger partial charge in [-0.2, -0.15) is 0 Å². The minimum Gasteiger partial charge on any atom is -0.342 e. The zero-order valence-electron chi connectivity index (χ0n) is 14.6. The Balaban J connectivity index is 1.88. The van der Waals surface area contributed by atoms with Crippen molar-refractivity contribution < 1.29 is 9.47 Å². The highest BCUT2D eigenvalue weighted by molar-refractivity contribution is 6.30. The lowest BCUT2D eigenvalue weighted by molar-refractivity contribution is -0.191. The van der Waals surface area contributed by atoms with Crippen molar-refractivity contribution in [1.82, 2.24) is 0 Å². The fraction of sp³-hybridized carbons (Fsp3) is 0.174. The molecule has 134 valence electrons. The van der Waals surface area contributed by atoms with Crippen LogP contribution >= 0.6 is 11.6 Å². The van der Waals surface area contributed by atoms with Crippen molar-refractivity contribution in [3.63, 3.8) is 0 Å². The highest BCUT2D eigenvalue weighted by atomic mass is 35.5. The van der Waals surface area contributed by atoms with E-state index in [9.17, 15) is 0 Å². The first kappa shape index (κ1) is 16.7. The van der Waals surface area contributed by atoms with Crippen LogP contribution in [0, 0.1) is 0 Å². The second-order valence-corrected chi connectivity index (χ2v) is 7.21. The van der Waals surface area contributed by atoms with Crippen LogP contribution in [0.3, 0.4) is 0 Å². The smallest absolute Gasteiger partial charge is 0.216 e. The molecule has 0 bridgehead atoms. The van der Waals surface area contributed by atoms with E-state index in [4.69, 9.17) is 26.1 Å². The summed E-state index contributed by atoms with van der Waals surface area (Å²) in [5.74, 6) is -1.02. The maximum absolute atomic E-state index is 6.42. The number of rotatable bonds is 2. The van der Waals surface area contributed by atoms with Crippen molar-refractivity contribution in [3.8, 4) is 0 Å². The van der Waals surface area contributed by atoms with Gasteiger partial charge in [0.25, 0.3) is 0 Å². The second-order valence-electron chi connectivity index (χ2n) is 6.77. The van der Waals surface area contributed by atoms with Gasteiger partial charge in [0.2, 0.25) is 5.79 Å². The summed E-state index contributed by atoms with van der Waals surface area (Å²) in [7, 11) is 0. The van der Waals surface area contributed by atoms with Gasteiger partial charge in [-0.15, -0.1) is 0 Å². The molecule has 3 aromatic carbocycles. The molecule has 1 spiro atoms. The minimum absolute atomic E-state index is 0.515.